The highest BCUT2D eigenvalue weighted by molar-refractivity contribution is 14.0. The maximum absolute atomic E-state index is 6.20. The van der Waals surface area contributed by atoms with Gasteiger partial charge in [0.05, 0.1) is 12.6 Å². The summed E-state index contributed by atoms with van der Waals surface area (Å²) in [7, 11) is 4.19. The molecule has 0 amide bonds. The number of rotatable bonds is 4. The summed E-state index contributed by atoms with van der Waals surface area (Å²) in [4.78, 5) is 9.10. The predicted molar refractivity (Wildman–Crippen MR) is 109 cm³/mol. The van der Waals surface area contributed by atoms with Crippen molar-refractivity contribution in [2.75, 3.05) is 33.7 Å². The van der Waals surface area contributed by atoms with Gasteiger partial charge in [0, 0.05) is 13.1 Å². The molecule has 0 aliphatic carbocycles. The Morgan fingerprint density at radius 2 is 1.83 bits per heavy atom. The van der Waals surface area contributed by atoms with Gasteiger partial charge in [0.1, 0.15) is 0 Å². The maximum atomic E-state index is 6.20. The van der Waals surface area contributed by atoms with Crippen LogP contribution in [0.1, 0.15) is 36.9 Å². The lowest BCUT2D eigenvalue weighted by atomic mass is 10.00. The third-order valence-corrected chi connectivity index (χ3v) is 4.62. The summed E-state index contributed by atoms with van der Waals surface area (Å²) in [6, 6.07) is 8.96. The molecule has 1 aliphatic rings. The maximum Gasteiger partial charge on any atom is 0.191 e. The van der Waals surface area contributed by atoms with Crippen molar-refractivity contribution in [1.82, 2.24) is 9.80 Å². The molecule has 130 valence electrons. The van der Waals surface area contributed by atoms with E-state index >= 15 is 0 Å². The molecule has 0 aromatic heterocycles. The van der Waals surface area contributed by atoms with E-state index in [9.17, 15) is 0 Å². The number of nitrogens with two attached hydrogens (primary N) is 1. The van der Waals surface area contributed by atoms with Crippen LogP contribution in [0.2, 0.25) is 0 Å². The van der Waals surface area contributed by atoms with Crippen LogP contribution in [0.3, 0.4) is 0 Å². The van der Waals surface area contributed by atoms with Gasteiger partial charge < -0.3 is 15.5 Å². The molecule has 1 aromatic carbocycles. The molecule has 0 radical (unpaired) electrons. The van der Waals surface area contributed by atoms with Crippen LogP contribution in [0, 0.1) is 12.8 Å². The Morgan fingerprint density at radius 1 is 1.26 bits per heavy atom. The second-order valence-electron chi connectivity index (χ2n) is 6.76. The number of nitrogens with zero attached hydrogens (tertiary/aromatic N) is 3. The first-order valence-corrected chi connectivity index (χ1v) is 8.25. The predicted octanol–water partition coefficient (Wildman–Crippen LogP) is 3.26. The molecule has 1 aromatic rings. The van der Waals surface area contributed by atoms with E-state index in [1.54, 1.807) is 0 Å². The smallest absolute Gasteiger partial charge is 0.191 e. The molecule has 2 rings (SSSR count). The molecule has 0 spiro atoms. The zero-order chi connectivity index (χ0) is 16.1. The van der Waals surface area contributed by atoms with E-state index in [4.69, 9.17) is 5.73 Å². The molecule has 1 aliphatic heterocycles. The minimum Gasteiger partial charge on any atom is -0.370 e. The number of halogens is 1. The molecule has 1 atom stereocenters. The molecule has 1 saturated heterocycles. The molecule has 1 unspecified atom stereocenters. The third kappa shape index (κ3) is 5.95. The number of guanidine groups is 1. The lowest BCUT2D eigenvalue weighted by Crippen LogP contribution is -2.43. The van der Waals surface area contributed by atoms with Crippen molar-refractivity contribution >= 4 is 29.9 Å². The van der Waals surface area contributed by atoms with Crippen molar-refractivity contribution in [3.05, 3.63) is 35.4 Å². The Hall–Kier alpha value is -0.820. The summed E-state index contributed by atoms with van der Waals surface area (Å²) in [5.74, 6) is 1.51. The molecule has 0 saturated carbocycles. The van der Waals surface area contributed by atoms with E-state index in [1.807, 2.05) is 0 Å². The van der Waals surface area contributed by atoms with Crippen LogP contribution in [0.5, 0.6) is 0 Å². The molecule has 23 heavy (non-hydrogen) atoms. The number of likely N-dealkylation sites (N-methyl/N-ethyl adjacent to an activating group) is 1. The molecule has 1 heterocycles. The van der Waals surface area contributed by atoms with Crippen LogP contribution in [0.4, 0.5) is 0 Å². The fourth-order valence-corrected chi connectivity index (χ4v) is 2.87. The number of hydrogen-bond donors (Lipinski definition) is 1. The quantitative estimate of drug-likeness (QED) is 0.453. The van der Waals surface area contributed by atoms with Crippen LogP contribution in [0.15, 0.2) is 29.3 Å². The van der Waals surface area contributed by atoms with Crippen molar-refractivity contribution in [1.29, 1.82) is 0 Å². The van der Waals surface area contributed by atoms with Crippen LogP contribution in [0.25, 0.3) is 0 Å². The number of benzene rings is 1. The SMILES string of the molecule is Cc1ccc(C(CN=C(N)N2CCC(C)CC2)N(C)C)cc1.I. The Kier molecular flexibility index (Phi) is 8.33. The standard InChI is InChI=1S/C18H30N4.HI/c1-14-5-7-16(8-6-14)17(21(3)4)13-20-18(19)22-11-9-15(2)10-12-22;/h5-8,15,17H,9-13H2,1-4H3,(H2,19,20);1H. The molecular formula is C18H31IN4. The van der Waals surface area contributed by atoms with Gasteiger partial charge in [-0.25, -0.2) is 0 Å². The molecule has 0 bridgehead atoms. The largest absolute Gasteiger partial charge is 0.370 e. The highest BCUT2D eigenvalue weighted by atomic mass is 127. The molecule has 5 heteroatoms. The van der Waals surface area contributed by atoms with Crippen molar-refractivity contribution in [3.8, 4) is 0 Å². The molecule has 2 N–H and O–H groups in total. The van der Waals surface area contributed by atoms with Crippen LogP contribution >= 0.6 is 24.0 Å². The Bertz CT molecular complexity index is 490. The summed E-state index contributed by atoms with van der Waals surface area (Å²) in [6.07, 6.45) is 2.43. The van der Waals surface area contributed by atoms with Crippen molar-refractivity contribution in [2.24, 2.45) is 16.6 Å². The van der Waals surface area contributed by atoms with Gasteiger partial charge in [-0.3, -0.25) is 4.99 Å². The highest BCUT2D eigenvalue weighted by Gasteiger charge is 2.18. The van der Waals surface area contributed by atoms with Crippen molar-refractivity contribution in [3.63, 3.8) is 0 Å². The topological polar surface area (TPSA) is 44.9 Å². The Morgan fingerprint density at radius 3 is 2.35 bits per heavy atom. The van der Waals surface area contributed by atoms with Gasteiger partial charge in [-0.2, -0.15) is 0 Å². The average Bonchev–Trinajstić information content (AvgIpc) is 2.49. The zero-order valence-electron chi connectivity index (χ0n) is 14.8. The van der Waals surface area contributed by atoms with E-state index in [0.717, 1.165) is 19.0 Å². The van der Waals surface area contributed by atoms with E-state index in [-0.39, 0.29) is 30.0 Å². The summed E-state index contributed by atoms with van der Waals surface area (Å²) >= 11 is 0. The van der Waals surface area contributed by atoms with Gasteiger partial charge >= 0.3 is 0 Å². The first-order valence-electron chi connectivity index (χ1n) is 8.25. The normalized spacial score (nSPS) is 18.0. The fourth-order valence-electron chi connectivity index (χ4n) is 2.87. The third-order valence-electron chi connectivity index (χ3n) is 4.62. The number of hydrogen-bond acceptors (Lipinski definition) is 2. The van der Waals surface area contributed by atoms with Crippen LogP contribution in [-0.4, -0.2) is 49.5 Å². The van der Waals surface area contributed by atoms with Crippen LogP contribution < -0.4 is 5.73 Å². The minimum atomic E-state index is 0. The van der Waals surface area contributed by atoms with Crippen LogP contribution in [-0.2, 0) is 0 Å². The van der Waals surface area contributed by atoms with E-state index in [1.165, 1.54) is 24.0 Å². The summed E-state index contributed by atoms with van der Waals surface area (Å²) < 4.78 is 0. The number of likely N-dealkylation sites (tertiary alicyclic amines) is 1. The molecular weight excluding hydrogens is 399 g/mol. The van der Waals surface area contributed by atoms with Gasteiger partial charge in [-0.1, -0.05) is 36.8 Å². The van der Waals surface area contributed by atoms with Gasteiger partial charge in [0.2, 0.25) is 0 Å². The average molecular weight is 430 g/mol. The highest BCUT2D eigenvalue weighted by Crippen LogP contribution is 2.20. The van der Waals surface area contributed by atoms with Crippen molar-refractivity contribution in [2.45, 2.75) is 32.7 Å². The van der Waals surface area contributed by atoms with E-state index < -0.39 is 0 Å². The number of piperidine rings is 1. The van der Waals surface area contributed by atoms with Gasteiger partial charge in [0.25, 0.3) is 0 Å². The first kappa shape index (κ1) is 20.2. The summed E-state index contributed by atoms with van der Waals surface area (Å²) in [5.41, 5.74) is 8.78. The summed E-state index contributed by atoms with van der Waals surface area (Å²) in [6.45, 7) is 7.20. The first-order chi connectivity index (χ1) is 10.5. The lowest BCUT2D eigenvalue weighted by Gasteiger charge is -2.31. The lowest BCUT2D eigenvalue weighted by molar-refractivity contribution is 0.274. The van der Waals surface area contributed by atoms with Gasteiger partial charge in [0.15, 0.2) is 5.96 Å². The Balaban J connectivity index is 0.00000264. The second-order valence-corrected chi connectivity index (χ2v) is 6.76. The monoisotopic (exact) mass is 430 g/mol. The van der Waals surface area contributed by atoms with E-state index in [2.05, 4.69) is 67.0 Å². The second kappa shape index (κ2) is 9.47. The van der Waals surface area contributed by atoms with Crippen molar-refractivity contribution < 1.29 is 0 Å². The molecule has 1 fully saturated rings. The molecule has 4 nitrogen and oxygen atoms in total. The fraction of sp³-hybridized carbons (Fsp3) is 0.611. The minimum absolute atomic E-state index is 0. The van der Waals surface area contributed by atoms with Gasteiger partial charge in [-0.05, 0) is 45.3 Å². The Labute approximate surface area is 158 Å². The van der Waals surface area contributed by atoms with Gasteiger partial charge in [-0.15, -0.1) is 24.0 Å². The number of aryl methyl sites for hydroxylation is 1. The summed E-state index contributed by atoms with van der Waals surface area (Å²) in [5, 5.41) is 0. The number of aliphatic imine (C=N–C) groups is 1. The van der Waals surface area contributed by atoms with E-state index in [0.29, 0.717) is 12.5 Å². The zero-order valence-corrected chi connectivity index (χ0v) is 17.2.